The van der Waals surface area contributed by atoms with Gasteiger partial charge in [-0.1, -0.05) is 117 Å². The van der Waals surface area contributed by atoms with Gasteiger partial charge < -0.3 is 29.4 Å². The van der Waals surface area contributed by atoms with E-state index in [1.807, 2.05) is 0 Å². The van der Waals surface area contributed by atoms with E-state index in [0.29, 0.717) is 26.2 Å². The molecule has 0 saturated heterocycles. The van der Waals surface area contributed by atoms with Gasteiger partial charge in [0, 0.05) is 6.42 Å². The molecule has 0 aliphatic heterocycles. The lowest BCUT2D eigenvalue weighted by Gasteiger charge is -2.41. The molecule has 0 saturated carbocycles. The molecule has 4 N–H and O–H groups in total. The molecule has 0 unspecified atom stereocenters. The van der Waals surface area contributed by atoms with Gasteiger partial charge in [-0.25, -0.2) is 0 Å². The summed E-state index contributed by atoms with van der Waals surface area (Å²) in [6, 6.07) is 0. The van der Waals surface area contributed by atoms with Crippen molar-refractivity contribution in [2.75, 3.05) is 78.8 Å². The zero-order valence-electron chi connectivity index (χ0n) is 28.0. The van der Waals surface area contributed by atoms with E-state index in [9.17, 15) is 20.4 Å². The van der Waals surface area contributed by atoms with Gasteiger partial charge in [0.25, 0.3) is 0 Å². The van der Waals surface area contributed by atoms with Crippen LogP contribution in [-0.2, 0) is 0 Å². The molecule has 0 aliphatic rings. The van der Waals surface area contributed by atoms with E-state index in [1.165, 1.54) is 116 Å². The minimum atomic E-state index is 0.156. The molecule has 41 heavy (non-hydrogen) atoms. The largest absolute Gasteiger partial charge is 0.391 e. The van der Waals surface area contributed by atoms with Gasteiger partial charge in [0.1, 0.15) is 26.2 Å². The van der Waals surface area contributed by atoms with Gasteiger partial charge in [0.2, 0.25) is 0 Å². The van der Waals surface area contributed by atoms with Gasteiger partial charge in [-0.05, 0) is 25.7 Å². The molecule has 248 valence electrons. The summed E-state index contributed by atoms with van der Waals surface area (Å²) in [6.45, 7) is 11.9. The van der Waals surface area contributed by atoms with E-state index in [-0.39, 0.29) is 26.4 Å². The number of aliphatic hydroxyl groups excluding tert-OH is 4. The number of rotatable bonds is 34. The van der Waals surface area contributed by atoms with Gasteiger partial charge in [0.05, 0.1) is 52.6 Å². The number of hydrogen-bond acceptors (Lipinski definition) is 4. The van der Waals surface area contributed by atoms with E-state index >= 15 is 0 Å². The molecule has 0 fully saturated rings. The molecule has 6 heteroatoms. The highest BCUT2D eigenvalue weighted by atomic mass is 16.3. The van der Waals surface area contributed by atoms with Crippen molar-refractivity contribution < 1.29 is 29.4 Å². The summed E-state index contributed by atoms with van der Waals surface area (Å²) in [6.07, 6.45) is 27.3. The van der Waals surface area contributed by atoms with Crippen LogP contribution in [0.1, 0.15) is 149 Å². The van der Waals surface area contributed by atoms with Crippen molar-refractivity contribution in [3.63, 3.8) is 0 Å². The number of quaternary nitrogens is 2. The lowest BCUT2D eigenvalue weighted by molar-refractivity contribution is -0.946. The molecule has 0 rings (SSSR count). The van der Waals surface area contributed by atoms with Crippen molar-refractivity contribution >= 4 is 0 Å². The van der Waals surface area contributed by atoms with Crippen LogP contribution in [0.15, 0.2) is 0 Å². The van der Waals surface area contributed by atoms with Crippen LogP contribution in [-0.4, -0.2) is 108 Å². The van der Waals surface area contributed by atoms with Crippen LogP contribution in [0.4, 0.5) is 0 Å². The standard InChI is InChI=1S/C35H76N2O4/c1-3-5-7-9-11-13-15-17-19-21-24-36(28-32-38,29-33-39)26-23-27-37(30-34-40,31-35-41)25-22-20-18-16-14-12-10-8-6-4-2/h38-41H,3-35H2,1-2H3/q+2. The van der Waals surface area contributed by atoms with E-state index in [4.69, 9.17) is 0 Å². The summed E-state index contributed by atoms with van der Waals surface area (Å²) < 4.78 is 1.58. The summed E-state index contributed by atoms with van der Waals surface area (Å²) in [5.41, 5.74) is 0. The monoisotopic (exact) mass is 589 g/mol. The molecular weight excluding hydrogens is 512 g/mol. The maximum Gasteiger partial charge on any atom is 0.102 e. The van der Waals surface area contributed by atoms with Crippen molar-refractivity contribution in [3.8, 4) is 0 Å². The highest BCUT2D eigenvalue weighted by molar-refractivity contribution is 4.54. The fourth-order valence-electron chi connectivity index (χ4n) is 6.80. The minimum Gasteiger partial charge on any atom is -0.391 e. The summed E-state index contributed by atoms with van der Waals surface area (Å²) in [4.78, 5) is 0. The molecule has 6 nitrogen and oxygen atoms in total. The second kappa shape index (κ2) is 29.8. The third-order valence-corrected chi connectivity index (χ3v) is 9.53. The normalized spacial score (nSPS) is 12.4. The Morgan fingerprint density at radius 2 is 0.488 bits per heavy atom. The fraction of sp³-hybridized carbons (Fsp3) is 1.00. The van der Waals surface area contributed by atoms with Crippen molar-refractivity contribution in [2.24, 2.45) is 0 Å². The molecular formula is C35H76N2O4+2. The highest BCUT2D eigenvalue weighted by Gasteiger charge is 2.30. The average molecular weight is 589 g/mol. The Balaban J connectivity index is 4.66. The predicted molar refractivity (Wildman–Crippen MR) is 176 cm³/mol. The molecule has 0 heterocycles. The zero-order valence-corrected chi connectivity index (χ0v) is 28.0. The first-order valence-electron chi connectivity index (χ1n) is 18.2. The van der Waals surface area contributed by atoms with Crippen LogP contribution in [0, 0.1) is 0 Å². The van der Waals surface area contributed by atoms with Gasteiger partial charge in [-0.15, -0.1) is 0 Å². The lowest BCUT2D eigenvalue weighted by Crippen LogP contribution is -2.56. The second-order valence-corrected chi connectivity index (χ2v) is 13.1. The van der Waals surface area contributed by atoms with Crippen LogP contribution in [0.25, 0.3) is 0 Å². The number of unbranched alkanes of at least 4 members (excludes halogenated alkanes) is 18. The Hall–Kier alpha value is -0.240. The Kier molecular flexibility index (Phi) is 29.6. The maximum absolute atomic E-state index is 9.91. The Morgan fingerprint density at radius 3 is 0.732 bits per heavy atom. The van der Waals surface area contributed by atoms with Crippen molar-refractivity contribution in [1.82, 2.24) is 0 Å². The third kappa shape index (κ3) is 22.9. The first-order valence-corrected chi connectivity index (χ1v) is 18.2. The Bertz CT molecular complexity index is 464. The van der Waals surface area contributed by atoms with Crippen LogP contribution < -0.4 is 0 Å². The molecule has 0 aliphatic carbocycles. The molecule has 0 radical (unpaired) electrons. The lowest BCUT2D eigenvalue weighted by atomic mass is 10.1. The quantitative estimate of drug-likeness (QED) is 0.0491. The predicted octanol–water partition coefficient (Wildman–Crippen LogP) is 6.82. The minimum absolute atomic E-state index is 0.156. The molecule has 0 spiro atoms. The number of aliphatic hydroxyl groups is 4. The van der Waals surface area contributed by atoms with Gasteiger partial charge in [-0.2, -0.15) is 0 Å². The van der Waals surface area contributed by atoms with E-state index in [0.717, 1.165) is 54.4 Å². The van der Waals surface area contributed by atoms with E-state index in [1.54, 1.807) is 0 Å². The van der Waals surface area contributed by atoms with Crippen LogP contribution in [0.2, 0.25) is 0 Å². The van der Waals surface area contributed by atoms with E-state index in [2.05, 4.69) is 13.8 Å². The Morgan fingerprint density at radius 1 is 0.268 bits per heavy atom. The third-order valence-electron chi connectivity index (χ3n) is 9.53. The summed E-state index contributed by atoms with van der Waals surface area (Å²) in [5, 5.41) is 39.6. The summed E-state index contributed by atoms with van der Waals surface area (Å²) >= 11 is 0. The van der Waals surface area contributed by atoms with E-state index < -0.39 is 0 Å². The highest BCUT2D eigenvalue weighted by Crippen LogP contribution is 2.18. The van der Waals surface area contributed by atoms with Crippen LogP contribution >= 0.6 is 0 Å². The average Bonchev–Trinajstić information content (AvgIpc) is 2.95. The SMILES string of the molecule is CCCCCCCCCCCC[N+](CCO)(CCO)CCC[N+](CCO)(CCO)CCCCCCCCCCCC. The first kappa shape index (κ1) is 40.8. The van der Waals surface area contributed by atoms with Gasteiger partial charge in [0.15, 0.2) is 0 Å². The molecule has 0 atom stereocenters. The fourth-order valence-corrected chi connectivity index (χ4v) is 6.80. The molecule has 0 aromatic rings. The second-order valence-electron chi connectivity index (χ2n) is 13.1. The maximum atomic E-state index is 9.91. The molecule has 0 aromatic carbocycles. The molecule has 0 amide bonds. The van der Waals surface area contributed by atoms with Gasteiger partial charge in [-0.3, -0.25) is 0 Å². The topological polar surface area (TPSA) is 80.9 Å². The van der Waals surface area contributed by atoms with Crippen molar-refractivity contribution in [3.05, 3.63) is 0 Å². The van der Waals surface area contributed by atoms with Crippen molar-refractivity contribution in [2.45, 2.75) is 149 Å². The number of nitrogens with zero attached hydrogens (tertiary/aromatic N) is 2. The smallest absolute Gasteiger partial charge is 0.102 e. The van der Waals surface area contributed by atoms with Crippen LogP contribution in [0.3, 0.4) is 0 Å². The molecule has 0 bridgehead atoms. The molecule has 0 aromatic heterocycles. The van der Waals surface area contributed by atoms with Crippen LogP contribution in [0.5, 0.6) is 0 Å². The Labute approximate surface area is 256 Å². The summed E-state index contributed by atoms with van der Waals surface area (Å²) in [7, 11) is 0. The number of hydrogen-bond donors (Lipinski definition) is 4. The van der Waals surface area contributed by atoms with Gasteiger partial charge >= 0.3 is 0 Å². The summed E-state index contributed by atoms with van der Waals surface area (Å²) in [5.74, 6) is 0. The van der Waals surface area contributed by atoms with Crippen molar-refractivity contribution in [1.29, 1.82) is 0 Å². The first-order chi connectivity index (χ1) is 20.1. The zero-order chi connectivity index (χ0) is 30.3.